The van der Waals surface area contributed by atoms with Crippen LogP contribution in [0.1, 0.15) is 6.42 Å². The van der Waals surface area contributed by atoms with Crippen molar-refractivity contribution in [2.75, 3.05) is 32.1 Å². The molecule has 4 heteroatoms. The third kappa shape index (κ3) is 3.79. The second-order valence-corrected chi connectivity index (χ2v) is 3.88. The van der Waals surface area contributed by atoms with Crippen LogP contribution in [0.3, 0.4) is 0 Å². The molecule has 3 nitrogen and oxygen atoms in total. The fourth-order valence-corrected chi connectivity index (χ4v) is 1.58. The Morgan fingerprint density at radius 3 is 2.75 bits per heavy atom. The van der Waals surface area contributed by atoms with E-state index < -0.39 is 6.10 Å². The van der Waals surface area contributed by atoms with Gasteiger partial charge in [0.15, 0.2) is 0 Å². The molecule has 0 heterocycles. The fraction of sp³-hybridized carbons (Fsp3) is 0.500. The molecule has 90 valence electrons. The number of hydrogen-bond donors (Lipinski definition) is 2. The molecule has 16 heavy (non-hydrogen) atoms. The third-order valence-electron chi connectivity index (χ3n) is 2.48. The van der Waals surface area contributed by atoms with Gasteiger partial charge in [-0.25, -0.2) is 4.39 Å². The number of nitrogens with zero attached hydrogens (tertiary/aromatic N) is 1. The van der Waals surface area contributed by atoms with E-state index in [1.807, 2.05) is 7.05 Å². The first-order valence-corrected chi connectivity index (χ1v) is 5.43. The molecule has 1 atom stereocenters. The summed E-state index contributed by atoms with van der Waals surface area (Å²) in [5.74, 6) is -0.259. The van der Waals surface area contributed by atoms with Crippen LogP contribution in [0.5, 0.6) is 0 Å². The molecule has 1 aromatic carbocycles. The highest BCUT2D eigenvalue weighted by Gasteiger charge is 2.11. The smallest absolute Gasteiger partial charge is 0.146 e. The molecule has 0 spiro atoms. The van der Waals surface area contributed by atoms with Crippen LogP contribution in [0.4, 0.5) is 10.1 Å². The summed E-state index contributed by atoms with van der Waals surface area (Å²) in [5, 5.41) is 12.7. The maximum atomic E-state index is 13.4. The molecule has 1 unspecified atom stereocenters. The highest BCUT2D eigenvalue weighted by molar-refractivity contribution is 5.46. The first kappa shape index (κ1) is 12.9. The van der Waals surface area contributed by atoms with E-state index >= 15 is 0 Å². The van der Waals surface area contributed by atoms with Crippen LogP contribution in [0, 0.1) is 5.82 Å². The second-order valence-electron chi connectivity index (χ2n) is 3.88. The van der Waals surface area contributed by atoms with Gasteiger partial charge in [0.1, 0.15) is 5.82 Å². The lowest BCUT2D eigenvalue weighted by Gasteiger charge is -2.23. The lowest BCUT2D eigenvalue weighted by atomic mass is 10.2. The van der Waals surface area contributed by atoms with E-state index in [1.165, 1.54) is 6.07 Å². The van der Waals surface area contributed by atoms with Gasteiger partial charge in [0.25, 0.3) is 0 Å². The lowest BCUT2D eigenvalue weighted by Crippen LogP contribution is -2.31. The van der Waals surface area contributed by atoms with Gasteiger partial charge in [-0.1, -0.05) is 12.1 Å². The minimum Gasteiger partial charge on any atom is -0.391 e. The molecule has 0 saturated carbocycles. The Morgan fingerprint density at radius 2 is 2.12 bits per heavy atom. The van der Waals surface area contributed by atoms with E-state index in [9.17, 15) is 9.50 Å². The van der Waals surface area contributed by atoms with Gasteiger partial charge in [0, 0.05) is 13.6 Å². The number of halogens is 1. The number of likely N-dealkylation sites (N-methyl/N-ethyl adjacent to an activating group) is 1. The lowest BCUT2D eigenvalue weighted by molar-refractivity contribution is 0.171. The SMILES string of the molecule is CNCCC(O)CN(C)c1ccccc1F. The maximum Gasteiger partial charge on any atom is 0.146 e. The van der Waals surface area contributed by atoms with Crippen molar-refractivity contribution in [3.8, 4) is 0 Å². The topological polar surface area (TPSA) is 35.5 Å². The zero-order valence-electron chi connectivity index (χ0n) is 9.78. The summed E-state index contributed by atoms with van der Waals surface area (Å²) in [7, 11) is 3.62. The summed E-state index contributed by atoms with van der Waals surface area (Å²) in [5.41, 5.74) is 0.519. The van der Waals surface area contributed by atoms with Gasteiger partial charge in [-0.05, 0) is 32.1 Å². The van der Waals surface area contributed by atoms with Gasteiger partial charge in [-0.2, -0.15) is 0 Å². The van der Waals surface area contributed by atoms with Gasteiger partial charge in [-0.15, -0.1) is 0 Å². The molecule has 1 aromatic rings. The molecule has 2 N–H and O–H groups in total. The number of nitrogens with one attached hydrogen (secondary N) is 1. The van der Waals surface area contributed by atoms with Crippen LogP contribution < -0.4 is 10.2 Å². The van der Waals surface area contributed by atoms with Crippen molar-refractivity contribution in [1.29, 1.82) is 0 Å². The number of benzene rings is 1. The molecule has 0 amide bonds. The minimum atomic E-state index is -0.447. The van der Waals surface area contributed by atoms with Gasteiger partial charge in [-0.3, -0.25) is 0 Å². The Kier molecular flexibility index (Phi) is 5.22. The summed E-state index contributed by atoms with van der Waals surface area (Å²) in [6.07, 6.45) is 0.215. The Balaban J connectivity index is 2.52. The molecule has 0 radical (unpaired) electrons. The number of aliphatic hydroxyl groups is 1. The summed E-state index contributed by atoms with van der Waals surface area (Å²) >= 11 is 0. The van der Waals surface area contributed by atoms with Gasteiger partial charge < -0.3 is 15.3 Å². The summed E-state index contributed by atoms with van der Waals surface area (Å²) in [4.78, 5) is 1.73. The molecular formula is C12H19FN2O. The van der Waals surface area contributed by atoms with Gasteiger partial charge in [0.2, 0.25) is 0 Å². The number of hydrogen-bond acceptors (Lipinski definition) is 3. The summed E-state index contributed by atoms with van der Waals surface area (Å²) in [6, 6.07) is 6.57. The summed E-state index contributed by atoms with van der Waals surface area (Å²) < 4.78 is 13.4. The number of rotatable bonds is 6. The predicted molar refractivity (Wildman–Crippen MR) is 64.2 cm³/mol. The van der Waals surface area contributed by atoms with Gasteiger partial charge >= 0.3 is 0 Å². The van der Waals surface area contributed by atoms with E-state index in [1.54, 1.807) is 30.1 Å². The first-order chi connectivity index (χ1) is 7.65. The highest BCUT2D eigenvalue weighted by Crippen LogP contribution is 2.17. The standard InChI is InChI=1S/C12H19FN2O/c1-14-8-7-10(16)9-15(2)12-6-4-3-5-11(12)13/h3-6,10,14,16H,7-9H2,1-2H3. The summed E-state index contributed by atoms with van der Waals surface area (Å²) in [6.45, 7) is 1.19. The average molecular weight is 226 g/mol. The normalized spacial score (nSPS) is 12.5. The quantitative estimate of drug-likeness (QED) is 0.766. The fourth-order valence-electron chi connectivity index (χ4n) is 1.58. The van der Waals surface area contributed by atoms with Crippen LogP contribution in [-0.2, 0) is 0 Å². The molecule has 0 aromatic heterocycles. The molecule has 0 saturated heterocycles. The van der Waals surface area contributed by atoms with Crippen LogP contribution in [-0.4, -0.2) is 38.4 Å². The number of para-hydroxylation sites is 1. The maximum absolute atomic E-state index is 13.4. The monoisotopic (exact) mass is 226 g/mol. The van der Waals surface area contributed by atoms with Crippen LogP contribution in [0.2, 0.25) is 0 Å². The predicted octanol–water partition coefficient (Wildman–Crippen LogP) is 1.23. The van der Waals surface area contributed by atoms with Crippen molar-refractivity contribution < 1.29 is 9.50 Å². The highest BCUT2D eigenvalue weighted by atomic mass is 19.1. The van der Waals surface area contributed by atoms with Crippen LogP contribution >= 0.6 is 0 Å². The van der Waals surface area contributed by atoms with E-state index in [2.05, 4.69) is 5.32 Å². The largest absolute Gasteiger partial charge is 0.391 e. The Labute approximate surface area is 95.9 Å². The van der Waals surface area contributed by atoms with Crippen molar-refractivity contribution in [2.24, 2.45) is 0 Å². The van der Waals surface area contributed by atoms with Crippen molar-refractivity contribution in [3.63, 3.8) is 0 Å². The Morgan fingerprint density at radius 1 is 1.44 bits per heavy atom. The molecule has 0 bridgehead atoms. The molecule has 0 aliphatic rings. The Bertz CT molecular complexity index is 320. The van der Waals surface area contributed by atoms with Crippen molar-refractivity contribution >= 4 is 5.69 Å². The minimum absolute atomic E-state index is 0.259. The molecule has 0 aliphatic carbocycles. The van der Waals surface area contributed by atoms with E-state index in [-0.39, 0.29) is 5.82 Å². The number of aliphatic hydroxyl groups excluding tert-OH is 1. The molecule has 1 rings (SSSR count). The zero-order valence-corrected chi connectivity index (χ0v) is 9.78. The second kappa shape index (κ2) is 6.45. The van der Waals surface area contributed by atoms with E-state index in [0.29, 0.717) is 18.7 Å². The Hall–Kier alpha value is -1.13. The molecule has 0 aliphatic heterocycles. The van der Waals surface area contributed by atoms with Gasteiger partial charge in [0.05, 0.1) is 11.8 Å². The average Bonchev–Trinajstić information content (AvgIpc) is 2.26. The molecule has 0 fully saturated rings. The molecular weight excluding hydrogens is 207 g/mol. The van der Waals surface area contributed by atoms with Crippen LogP contribution in [0.15, 0.2) is 24.3 Å². The van der Waals surface area contributed by atoms with E-state index in [0.717, 1.165) is 6.54 Å². The van der Waals surface area contributed by atoms with Crippen molar-refractivity contribution in [1.82, 2.24) is 5.32 Å². The number of anilines is 1. The van der Waals surface area contributed by atoms with Crippen molar-refractivity contribution in [3.05, 3.63) is 30.1 Å². The van der Waals surface area contributed by atoms with E-state index in [4.69, 9.17) is 0 Å². The zero-order chi connectivity index (χ0) is 12.0. The first-order valence-electron chi connectivity index (χ1n) is 5.43. The van der Waals surface area contributed by atoms with Crippen molar-refractivity contribution in [2.45, 2.75) is 12.5 Å². The van der Waals surface area contributed by atoms with Crippen LogP contribution in [0.25, 0.3) is 0 Å². The third-order valence-corrected chi connectivity index (χ3v) is 2.48.